The molecule has 0 unspecified atom stereocenters. The molecule has 2 spiro atoms. The van der Waals surface area contributed by atoms with E-state index in [1.54, 1.807) is 78.9 Å². The lowest BCUT2D eigenvalue weighted by Gasteiger charge is -2.34. The Labute approximate surface area is 232 Å². The summed E-state index contributed by atoms with van der Waals surface area (Å²) >= 11 is 3.45. The predicted molar refractivity (Wildman–Crippen MR) is 147 cm³/mol. The highest BCUT2D eigenvalue weighted by molar-refractivity contribution is 9.10. The van der Waals surface area contributed by atoms with Crippen LogP contribution in [0.2, 0.25) is 0 Å². The van der Waals surface area contributed by atoms with Crippen molar-refractivity contribution in [1.82, 2.24) is 0 Å². The third kappa shape index (κ3) is 2.93. The molecule has 2 aliphatic carbocycles. The lowest BCUT2D eigenvalue weighted by Crippen LogP contribution is -2.51. The molecular formula is C33H21BrO5. The van der Waals surface area contributed by atoms with Gasteiger partial charge in [-0.05, 0) is 30.2 Å². The van der Waals surface area contributed by atoms with Crippen LogP contribution in [-0.4, -0.2) is 28.7 Å². The predicted octanol–water partition coefficient (Wildman–Crippen LogP) is 6.50. The van der Waals surface area contributed by atoms with Crippen molar-refractivity contribution >= 4 is 39.1 Å². The second-order valence-corrected chi connectivity index (χ2v) is 11.3. The zero-order chi connectivity index (χ0) is 27.1. The van der Waals surface area contributed by atoms with Gasteiger partial charge in [0, 0.05) is 26.7 Å². The fourth-order valence-electron chi connectivity index (χ4n) is 6.81. The van der Waals surface area contributed by atoms with E-state index in [2.05, 4.69) is 15.9 Å². The Morgan fingerprint density at radius 3 is 1.64 bits per heavy atom. The van der Waals surface area contributed by atoms with E-state index in [9.17, 15) is 19.2 Å². The van der Waals surface area contributed by atoms with Gasteiger partial charge in [-0.1, -0.05) is 106 Å². The lowest BCUT2D eigenvalue weighted by atomic mass is 9.59. The average molecular weight is 577 g/mol. The maximum Gasteiger partial charge on any atom is 0.204 e. The molecule has 0 saturated carbocycles. The topological polar surface area (TPSA) is 77.5 Å². The number of ether oxygens (including phenoxy) is 1. The van der Waals surface area contributed by atoms with Gasteiger partial charge < -0.3 is 4.74 Å². The van der Waals surface area contributed by atoms with E-state index in [0.717, 1.165) is 10.0 Å². The van der Waals surface area contributed by atoms with Crippen LogP contribution in [0, 0.1) is 12.3 Å². The van der Waals surface area contributed by atoms with Crippen LogP contribution in [0.3, 0.4) is 0 Å². The van der Waals surface area contributed by atoms with Crippen molar-refractivity contribution in [3.05, 3.63) is 140 Å². The van der Waals surface area contributed by atoms with E-state index in [1.807, 2.05) is 25.1 Å². The third-order valence-electron chi connectivity index (χ3n) is 8.39. The molecule has 3 aliphatic rings. The molecule has 39 heavy (non-hydrogen) atoms. The number of Topliss-reactive ketones (excluding diaryl/α,β-unsaturated/α-hetero) is 4. The maximum absolute atomic E-state index is 14.6. The monoisotopic (exact) mass is 576 g/mol. The number of aryl methyl sites for hydroxylation is 1. The molecule has 1 fully saturated rings. The SMILES string of the molecule is Cc1cccc([C@@H]2C3(O[C@H](c4ccc(Br)cc4)C24C(=O)c2ccccc2C4=O)C(=O)c2ccccc2C3=O)c1. The molecule has 0 bridgehead atoms. The number of hydrogen-bond acceptors (Lipinski definition) is 5. The molecule has 0 amide bonds. The maximum atomic E-state index is 14.6. The second kappa shape index (κ2) is 8.25. The molecule has 4 aromatic carbocycles. The molecule has 1 aliphatic heterocycles. The lowest BCUT2D eigenvalue weighted by molar-refractivity contribution is -0.0210. The van der Waals surface area contributed by atoms with Crippen LogP contribution in [-0.2, 0) is 4.74 Å². The Bertz CT molecular complexity index is 1680. The number of carbonyl (C=O) groups excluding carboxylic acids is 4. The Hall–Kier alpha value is -4.00. The van der Waals surface area contributed by atoms with E-state index in [1.165, 1.54) is 0 Å². The van der Waals surface area contributed by atoms with Crippen LogP contribution in [0.25, 0.3) is 0 Å². The molecule has 4 aromatic rings. The quantitative estimate of drug-likeness (QED) is 0.255. The minimum Gasteiger partial charge on any atom is -0.348 e. The zero-order valence-corrected chi connectivity index (χ0v) is 22.4. The van der Waals surface area contributed by atoms with Gasteiger partial charge in [-0.2, -0.15) is 0 Å². The van der Waals surface area contributed by atoms with Crippen molar-refractivity contribution in [1.29, 1.82) is 0 Å². The summed E-state index contributed by atoms with van der Waals surface area (Å²) in [6, 6.07) is 27.8. The van der Waals surface area contributed by atoms with Crippen LogP contribution >= 0.6 is 15.9 Å². The van der Waals surface area contributed by atoms with Crippen molar-refractivity contribution in [3.63, 3.8) is 0 Å². The Balaban J connectivity index is 1.60. The summed E-state index contributed by atoms with van der Waals surface area (Å²) in [6.07, 6.45) is -1.18. The number of fused-ring (bicyclic) bond motifs is 2. The number of halogens is 1. The molecule has 190 valence electrons. The molecule has 7 rings (SSSR count). The first-order valence-corrected chi connectivity index (χ1v) is 13.5. The largest absolute Gasteiger partial charge is 0.348 e. The van der Waals surface area contributed by atoms with Gasteiger partial charge >= 0.3 is 0 Å². The number of ketones is 4. The summed E-state index contributed by atoms with van der Waals surface area (Å²) in [4.78, 5) is 58.1. The Morgan fingerprint density at radius 1 is 0.615 bits per heavy atom. The van der Waals surface area contributed by atoms with Crippen molar-refractivity contribution in [2.75, 3.05) is 0 Å². The van der Waals surface area contributed by atoms with Gasteiger partial charge in [0.05, 0.1) is 5.92 Å². The standard InChI is InChI=1S/C33H21BrO5/c1-18-7-6-8-20(17-18)26-32(27(35)22-9-2-3-10-23(22)28(32)36)31(19-13-15-21(34)16-14-19)39-33(26)29(37)24-11-4-5-12-25(24)30(33)38/h2-17,26,31H,1H3/t26-,31+/m0/s1. The summed E-state index contributed by atoms with van der Waals surface area (Å²) in [7, 11) is 0. The summed E-state index contributed by atoms with van der Waals surface area (Å²) < 4.78 is 7.51. The molecule has 2 atom stereocenters. The van der Waals surface area contributed by atoms with Crippen molar-refractivity contribution in [2.24, 2.45) is 5.41 Å². The summed E-state index contributed by atoms with van der Waals surface area (Å²) in [6.45, 7) is 1.89. The minimum atomic E-state index is -2.08. The number of carbonyl (C=O) groups is 4. The van der Waals surface area contributed by atoms with Crippen molar-refractivity contribution < 1.29 is 23.9 Å². The third-order valence-corrected chi connectivity index (χ3v) is 8.91. The highest BCUT2D eigenvalue weighted by atomic mass is 79.9. The van der Waals surface area contributed by atoms with Gasteiger partial charge in [-0.15, -0.1) is 0 Å². The van der Waals surface area contributed by atoms with E-state index in [4.69, 9.17) is 4.74 Å². The van der Waals surface area contributed by atoms with E-state index in [0.29, 0.717) is 11.1 Å². The fraction of sp³-hybridized carbons (Fsp3) is 0.152. The molecule has 0 radical (unpaired) electrons. The van der Waals surface area contributed by atoms with E-state index in [-0.39, 0.29) is 22.3 Å². The van der Waals surface area contributed by atoms with E-state index < -0.39 is 46.2 Å². The van der Waals surface area contributed by atoms with Crippen LogP contribution in [0.15, 0.2) is 102 Å². The van der Waals surface area contributed by atoms with Crippen LogP contribution in [0.1, 0.15) is 70.1 Å². The van der Waals surface area contributed by atoms with Gasteiger partial charge in [0.15, 0.2) is 11.6 Å². The molecule has 6 heteroatoms. The van der Waals surface area contributed by atoms with Crippen LogP contribution < -0.4 is 0 Å². The van der Waals surface area contributed by atoms with Crippen LogP contribution in [0.4, 0.5) is 0 Å². The number of rotatable bonds is 2. The summed E-state index contributed by atoms with van der Waals surface area (Å²) in [5, 5.41) is 0. The first-order chi connectivity index (χ1) is 18.8. The van der Waals surface area contributed by atoms with Crippen molar-refractivity contribution in [2.45, 2.75) is 24.5 Å². The van der Waals surface area contributed by atoms with Crippen LogP contribution in [0.5, 0.6) is 0 Å². The zero-order valence-electron chi connectivity index (χ0n) is 20.8. The minimum absolute atomic E-state index is 0.238. The fourth-order valence-corrected chi connectivity index (χ4v) is 7.08. The second-order valence-electron chi connectivity index (χ2n) is 10.4. The molecule has 0 aromatic heterocycles. The highest BCUT2D eigenvalue weighted by Crippen LogP contribution is 2.67. The Kier molecular flexibility index (Phi) is 5.09. The highest BCUT2D eigenvalue weighted by Gasteiger charge is 2.79. The van der Waals surface area contributed by atoms with E-state index >= 15 is 0 Å². The average Bonchev–Trinajstić information content (AvgIpc) is 3.47. The first-order valence-electron chi connectivity index (χ1n) is 12.7. The molecule has 1 saturated heterocycles. The molecule has 5 nitrogen and oxygen atoms in total. The smallest absolute Gasteiger partial charge is 0.204 e. The summed E-state index contributed by atoms with van der Waals surface area (Å²) in [5.74, 6) is -3.10. The van der Waals surface area contributed by atoms with Gasteiger partial charge in [0.25, 0.3) is 0 Å². The van der Waals surface area contributed by atoms with Gasteiger partial charge in [0.1, 0.15) is 11.5 Å². The Morgan fingerprint density at radius 2 is 1.13 bits per heavy atom. The first kappa shape index (κ1) is 24.1. The molecular weight excluding hydrogens is 556 g/mol. The molecule has 0 N–H and O–H groups in total. The summed E-state index contributed by atoms with van der Waals surface area (Å²) in [5.41, 5.74) is -0.963. The number of benzene rings is 4. The van der Waals surface area contributed by atoms with Gasteiger partial charge in [-0.3, -0.25) is 19.2 Å². The van der Waals surface area contributed by atoms with Crippen molar-refractivity contribution in [3.8, 4) is 0 Å². The normalized spacial score (nSPS) is 22.1. The number of hydrogen-bond donors (Lipinski definition) is 0. The van der Waals surface area contributed by atoms with Gasteiger partial charge in [-0.25, -0.2) is 0 Å². The molecule has 1 heterocycles. The van der Waals surface area contributed by atoms with Gasteiger partial charge in [0.2, 0.25) is 17.2 Å².